The van der Waals surface area contributed by atoms with Gasteiger partial charge in [0.1, 0.15) is 6.23 Å². The van der Waals surface area contributed by atoms with Crippen LogP contribution in [-0.4, -0.2) is 87.8 Å². The number of ether oxygens (including phenoxy) is 5. The van der Waals surface area contributed by atoms with Gasteiger partial charge in [-0.3, -0.25) is 0 Å². The lowest BCUT2D eigenvalue weighted by molar-refractivity contribution is -0.151. The molecule has 31 heavy (non-hydrogen) atoms. The van der Waals surface area contributed by atoms with E-state index < -0.39 is 14.8 Å². The molecule has 2 atom stereocenters. The van der Waals surface area contributed by atoms with Gasteiger partial charge < -0.3 is 37.0 Å². The maximum absolute atomic E-state index is 10.5. The zero-order valence-corrected chi connectivity index (χ0v) is 21.5. The number of rotatable bonds is 19. The quantitative estimate of drug-likeness (QED) is 0.0932. The van der Waals surface area contributed by atoms with Gasteiger partial charge in [-0.1, -0.05) is 20.4 Å². The van der Waals surface area contributed by atoms with E-state index in [-0.39, 0.29) is 12.9 Å². The Hall–Kier alpha value is -0.853. The Kier molecular flexibility index (Phi) is 23.3. The van der Waals surface area contributed by atoms with Gasteiger partial charge >= 0.3 is 14.8 Å². The SMILES string of the molecule is C=CC(=O)OCOCC(C)COC.CCO[Si](COCC(CC)OC)(OCC)OCC. The van der Waals surface area contributed by atoms with Crippen molar-refractivity contribution in [1.82, 2.24) is 0 Å². The Morgan fingerprint density at radius 1 is 0.935 bits per heavy atom. The van der Waals surface area contributed by atoms with Gasteiger partial charge in [0.05, 0.1) is 25.9 Å². The van der Waals surface area contributed by atoms with Gasteiger partial charge in [-0.2, -0.15) is 0 Å². The molecule has 0 aromatic heterocycles. The second-order valence-corrected chi connectivity index (χ2v) is 9.00. The first-order chi connectivity index (χ1) is 14.9. The predicted octanol–water partition coefficient (Wildman–Crippen LogP) is 2.99. The summed E-state index contributed by atoms with van der Waals surface area (Å²) >= 11 is 0. The van der Waals surface area contributed by atoms with Gasteiger partial charge in [-0.15, -0.1) is 0 Å². The van der Waals surface area contributed by atoms with E-state index in [2.05, 4.69) is 18.2 Å². The summed E-state index contributed by atoms with van der Waals surface area (Å²) in [6, 6.07) is 0. The normalized spacial score (nSPS) is 13.1. The van der Waals surface area contributed by atoms with Crippen LogP contribution < -0.4 is 0 Å². The number of carbonyl (C=O) groups excluding carboxylic acids is 1. The highest BCUT2D eigenvalue weighted by Gasteiger charge is 2.41. The second-order valence-electron chi connectivity index (χ2n) is 6.48. The van der Waals surface area contributed by atoms with Crippen LogP contribution in [-0.2, 0) is 41.8 Å². The maximum atomic E-state index is 10.5. The summed E-state index contributed by atoms with van der Waals surface area (Å²) in [5, 5.41) is 0. The van der Waals surface area contributed by atoms with Crippen LogP contribution in [0.15, 0.2) is 12.7 Å². The lowest BCUT2D eigenvalue weighted by Gasteiger charge is -2.28. The van der Waals surface area contributed by atoms with Gasteiger partial charge in [0.15, 0.2) is 6.79 Å². The smallest absolute Gasteiger partial charge is 0.435 e. The molecule has 0 aliphatic rings. The van der Waals surface area contributed by atoms with E-state index in [9.17, 15) is 4.79 Å². The molecule has 0 N–H and O–H groups in total. The third-order valence-corrected chi connectivity index (χ3v) is 6.51. The Labute approximate surface area is 189 Å². The fourth-order valence-corrected chi connectivity index (χ4v) is 4.51. The molecule has 0 aromatic carbocycles. The highest BCUT2D eigenvalue weighted by atomic mass is 28.4. The van der Waals surface area contributed by atoms with E-state index >= 15 is 0 Å². The van der Waals surface area contributed by atoms with Gasteiger partial charge in [0.2, 0.25) is 0 Å². The molecule has 0 radical (unpaired) electrons. The first kappa shape index (κ1) is 32.3. The number of carbonyl (C=O) groups is 1. The van der Waals surface area contributed by atoms with Crippen molar-refractivity contribution in [1.29, 1.82) is 0 Å². The minimum absolute atomic E-state index is 0.0289. The predicted molar refractivity (Wildman–Crippen MR) is 121 cm³/mol. The Morgan fingerprint density at radius 3 is 1.94 bits per heavy atom. The van der Waals surface area contributed by atoms with Crippen molar-refractivity contribution in [2.75, 3.05) is 66.9 Å². The largest absolute Gasteiger partial charge is 0.528 e. The van der Waals surface area contributed by atoms with Crippen molar-refractivity contribution in [3.05, 3.63) is 12.7 Å². The summed E-state index contributed by atoms with van der Waals surface area (Å²) in [6.07, 6.45) is 2.51. The van der Waals surface area contributed by atoms with Crippen LogP contribution in [0.4, 0.5) is 0 Å². The first-order valence-corrected chi connectivity index (χ1v) is 12.7. The van der Waals surface area contributed by atoms with E-state index in [4.69, 9.17) is 32.2 Å². The summed E-state index contributed by atoms with van der Waals surface area (Å²) in [7, 11) is 0.658. The summed E-state index contributed by atoms with van der Waals surface area (Å²) < 4.78 is 42.5. The molecule has 0 bridgehead atoms. The van der Waals surface area contributed by atoms with Crippen molar-refractivity contribution < 1.29 is 41.8 Å². The Bertz CT molecular complexity index is 403. The molecule has 9 nitrogen and oxygen atoms in total. The van der Waals surface area contributed by atoms with Gasteiger partial charge in [-0.25, -0.2) is 4.79 Å². The van der Waals surface area contributed by atoms with E-state index in [1.807, 2.05) is 27.7 Å². The lowest BCUT2D eigenvalue weighted by Crippen LogP contribution is -2.51. The molecular formula is C21H44O9Si. The molecule has 2 unspecified atom stereocenters. The molecule has 0 fully saturated rings. The topological polar surface area (TPSA) is 90.9 Å². The van der Waals surface area contributed by atoms with Crippen LogP contribution in [0.1, 0.15) is 41.0 Å². The van der Waals surface area contributed by atoms with Crippen molar-refractivity contribution in [2.45, 2.75) is 47.1 Å². The molecule has 0 heterocycles. The molecule has 0 aliphatic carbocycles. The zero-order chi connectivity index (χ0) is 24.0. The summed E-state index contributed by atoms with van der Waals surface area (Å²) in [4.78, 5) is 10.5. The standard InChI is InChI=1S/C12H28O5Si.C9H16O4/c1-6-12(13-5)10-14-11-18(15-7-2,16-8-3)17-9-4;1-4-9(10)13-7-12-6-8(2)5-11-3/h12H,6-11H2,1-5H3;4,8H,1,5-7H2,2-3H3. The van der Waals surface area contributed by atoms with E-state index in [0.29, 0.717) is 51.8 Å². The maximum Gasteiger partial charge on any atom is 0.528 e. The number of hydrogen-bond acceptors (Lipinski definition) is 9. The van der Waals surface area contributed by atoms with E-state index in [1.54, 1.807) is 14.2 Å². The molecule has 186 valence electrons. The molecule has 0 amide bonds. The van der Waals surface area contributed by atoms with Crippen LogP contribution in [0.3, 0.4) is 0 Å². The van der Waals surface area contributed by atoms with Crippen LogP contribution in [0, 0.1) is 5.92 Å². The second kappa shape index (κ2) is 22.3. The van der Waals surface area contributed by atoms with Crippen LogP contribution in [0.25, 0.3) is 0 Å². The molecule has 0 aromatic rings. The Balaban J connectivity index is 0. The van der Waals surface area contributed by atoms with Crippen molar-refractivity contribution in [3.63, 3.8) is 0 Å². The summed E-state index contributed by atoms with van der Waals surface area (Å²) in [5.41, 5.74) is 0. The zero-order valence-electron chi connectivity index (χ0n) is 20.5. The third-order valence-electron chi connectivity index (χ3n) is 3.77. The molecule has 0 aliphatic heterocycles. The molecular weight excluding hydrogens is 424 g/mol. The van der Waals surface area contributed by atoms with Crippen LogP contribution >= 0.6 is 0 Å². The average molecular weight is 469 g/mol. The van der Waals surface area contributed by atoms with Crippen molar-refractivity contribution >= 4 is 14.8 Å². The van der Waals surface area contributed by atoms with Crippen LogP contribution in [0.2, 0.25) is 0 Å². The van der Waals surface area contributed by atoms with Gasteiger partial charge in [0.25, 0.3) is 0 Å². The van der Waals surface area contributed by atoms with Gasteiger partial charge in [0, 0.05) is 46.0 Å². The van der Waals surface area contributed by atoms with Crippen molar-refractivity contribution in [3.8, 4) is 0 Å². The minimum Gasteiger partial charge on any atom is -0.435 e. The number of hydrogen-bond donors (Lipinski definition) is 0. The lowest BCUT2D eigenvalue weighted by atomic mass is 10.2. The van der Waals surface area contributed by atoms with Gasteiger partial charge in [-0.05, 0) is 27.2 Å². The molecule has 0 saturated heterocycles. The molecule has 0 spiro atoms. The number of esters is 1. The van der Waals surface area contributed by atoms with Crippen molar-refractivity contribution in [2.24, 2.45) is 5.92 Å². The minimum atomic E-state index is -2.67. The molecule has 10 heteroatoms. The average Bonchev–Trinajstić information content (AvgIpc) is 2.75. The first-order valence-electron chi connectivity index (χ1n) is 10.8. The monoisotopic (exact) mass is 468 g/mol. The highest BCUT2D eigenvalue weighted by molar-refractivity contribution is 6.60. The fourth-order valence-electron chi connectivity index (χ4n) is 2.32. The third kappa shape index (κ3) is 18.4. The highest BCUT2D eigenvalue weighted by Crippen LogP contribution is 2.11. The number of methoxy groups -OCH3 is 2. The molecule has 0 rings (SSSR count). The fraction of sp³-hybridized carbons (Fsp3) is 0.857. The summed E-state index contributed by atoms with van der Waals surface area (Å²) in [6.45, 7) is 16.5. The Morgan fingerprint density at radius 2 is 1.52 bits per heavy atom. The summed E-state index contributed by atoms with van der Waals surface area (Å²) in [5.74, 6) is -0.174. The molecule has 0 saturated carbocycles. The van der Waals surface area contributed by atoms with E-state index in [0.717, 1.165) is 12.5 Å². The van der Waals surface area contributed by atoms with Crippen LogP contribution in [0.5, 0.6) is 0 Å². The van der Waals surface area contributed by atoms with E-state index in [1.165, 1.54) is 0 Å².